The van der Waals surface area contributed by atoms with Gasteiger partial charge in [0.25, 0.3) is 0 Å². The van der Waals surface area contributed by atoms with Crippen LogP contribution in [-0.2, 0) is 0 Å². The highest BCUT2D eigenvalue weighted by atomic mass is 35.5. The molecule has 0 aliphatic heterocycles. The SMILES string of the molecule is Cc1noc(C)c1-c1cc(Cl)c(Nc2cc(F)c(F)cc2C(=O)O)c(Cl)c1. The number of aromatic nitrogens is 1. The Morgan fingerprint density at radius 2 is 1.70 bits per heavy atom. The molecule has 0 radical (unpaired) electrons. The summed E-state index contributed by atoms with van der Waals surface area (Å²) in [5.41, 5.74) is 1.53. The zero-order valence-electron chi connectivity index (χ0n) is 14.0. The van der Waals surface area contributed by atoms with Gasteiger partial charge in [-0.05, 0) is 37.6 Å². The third kappa shape index (κ3) is 3.61. The first kappa shape index (κ1) is 19.1. The maximum absolute atomic E-state index is 13.6. The van der Waals surface area contributed by atoms with Crippen molar-refractivity contribution >= 4 is 40.5 Å². The van der Waals surface area contributed by atoms with Gasteiger partial charge in [0.05, 0.1) is 32.7 Å². The number of rotatable bonds is 4. The molecule has 0 saturated carbocycles. The molecule has 5 nitrogen and oxygen atoms in total. The third-order valence-corrected chi connectivity index (χ3v) is 4.51. The molecule has 0 aliphatic carbocycles. The van der Waals surface area contributed by atoms with Gasteiger partial charge in [0, 0.05) is 11.6 Å². The third-order valence-electron chi connectivity index (χ3n) is 3.91. The van der Waals surface area contributed by atoms with E-state index in [4.69, 9.17) is 27.7 Å². The van der Waals surface area contributed by atoms with Crippen molar-refractivity contribution in [3.8, 4) is 11.1 Å². The van der Waals surface area contributed by atoms with Crippen LogP contribution in [0, 0.1) is 25.5 Å². The van der Waals surface area contributed by atoms with E-state index in [0.29, 0.717) is 23.1 Å². The predicted octanol–water partition coefficient (Wildman–Crippen LogP) is 5.99. The second-order valence-corrected chi connectivity index (χ2v) is 6.57. The van der Waals surface area contributed by atoms with Gasteiger partial charge in [0.15, 0.2) is 11.6 Å². The average Bonchev–Trinajstić information content (AvgIpc) is 2.92. The van der Waals surface area contributed by atoms with Gasteiger partial charge in [-0.15, -0.1) is 0 Å². The Morgan fingerprint density at radius 1 is 1.11 bits per heavy atom. The van der Waals surface area contributed by atoms with Crippen LogP contribution >= 0.6 is 23.2 Å². The van der Waals surface area contributed by atoms with Crippen molar-refractivity contribution in [3.63, 3.8) is 0 Å². The summed E-state index contributed by atoms with van der Waals surface area (Å²) in [6.07, 6.45) is 0. The van der Waals surface area contributed by atoms with Crippen molar-refractivity contribution in [2.75, 3.05) is 5.32 Å². The molecule has 3 aromatic rings. The normalized spacial score (nSPS) is 10.9. The monoisotopic (exact) mass is 412 g/mol. The molecule has 0 unspecified atom stereocenters. The Balaban J connectivity index is 2.07. The zero-order chi connectivity index (χ0) is 19.9. The van der Waals surface area contributed by atoms with Crippen LogP contribution in [-0.4, -0.2) is 16.2 Å². The molecule has 0 bridgehead atoms. The van der Waals surface area contributed by atoms with Crippen molar-refractivity contribution in [3.05, 3.63) is 63.0 Å². The number of carbonyl (C=O) groups is 1. The second-order valence-electron chi connectivity index (χ2n) is 5.76. The minimum Gasteiger partial charge on any atom is -0.478 e. The highest BCUT2D eigenvalue weighted by Gasteiger charge is 2.19. The van der Waals surface area contributed by atoms with E-state index >= 15 is 0 Å². The Morgan fingerprint density at radius 3 is 2.22 bits per heavy atom. The highest BCUT2D eigenvalue weighted by Crippen LogP contribution is 2.39. The van der Waals surface area contributed by atoms with Gasteiger partial charge in [-0.1, -0.05) is 28.4 Å². The Bertz CT molecular complexity index is 1020. The predicted molar refractivity (Wildman–Crippen MR) is 98.0 cm³/mol. The van der Waals surface area contributed by atoms with Crippen molar-refractivity contribution in [1.29, 1.82) is 0 Å². The lowest BCUT2D eigenvalue weighted by atomic mass is 10.0. The van der Waals surface area contributed by atoms with Crippen LogP contribution < -0.4 is 5.32 Å². The van der Waals surface area contributed by atoms with Gasteiger partial charge in [-0.25, -0.2) is 13.6 Å². The lowest BCUT2D eigenvalue weighted by molar-refractivity contribution is 0.0697. The number of benzene rings is 2. The number of anilines is 2. The topological polar surface area (TPSA) is 75.4 Å². The molecule has 0 amide bonds. The number of carboxylic acids is 1. The molecule has 9 heteroatoms. The molecule has 3 rings (SSSR count). The van der Waals surface area contributed by atoms with Crippen LogP contribution in [0.4, 0.5) is 20.2 Å². The molecule has 27 heavy (non-hydrogen) atoms. The molecule has 2 N–H and O–H groups in total. The van der Waals surface area contributed by atoms with Crippen molar-refractivity contribution in [2.45, 2.75) is 13.8 Å². The summed E-state index contributed by atoms with van der Waals surface area (Å²) >= 11 is 12.6. The number of hydrogen-bond acceptors (Lipinski definition) is 4. The number of halogens is 4. The fraction of sp³-hybridized carbons (Fsp3) is 0.111. The van der Waals surface area contributed by atoms with Crippen LogP contribution in [0.25, 0.3) is 11.1 Å². The molecule has 0 saturated heterocycles. The van der Waals surface area contributed by atoms with E-state index in [1.54, 1.807) is 26.0 Å². The standard InChI is InChI=1S/C18H12Cl2F2N2O3/c1-7-16(8(2)27-24-7)9-3-11(19)17(12(20)4-9)23-15-6-14(22)13(21)5-10(15)18(25)26/h3-6,23H,1-2H3,(H,25,26). The summed E-state index contributed by atoms with van der Waals surface area (Å²) in [4.78, 5) is 11.3. The molecule has 2 aromatic carbocycles. The van der Waals surface area contributed by atoms with Gasteiger partial charge in [-0.3, -0.25) is 0 Å². The maximum atomic E-state index is 13.6. The zero-order valence-corrected chi connectivity index (χ0v) is 15.5. The Labute approximate surface area is 162 Å². The fourth-order valence-corrected chi connectivity index (χ4v) is 3.28. The molecular formula is C18H12Cl2F2N2O3. The first-order valence-electron chi connectivity index (χ1n) is 7.60. The first-order chi connectivity index (χ1) is 12.7. The van der Waals surface area contributed by atoms with E-state index < -0.39 is 23.2 Å². The minimum atomic E-state index is -1.43. The second kappa shape index (κ2) is 7.17. The Kier molecular flexibility index (Phi) is 5.08. The molecule has 0 aliphatic rings. The number of aromatic carboxylic acids is 1. The molecule has 0 fully saturated rings. The smallest absolute Gasteiger partial charge is 0.337 e. The number of carboxylic acid groups (broad SMARTS) is 1. The highest BCUT2D eigenvalue weighted by molar-refractivity contribution is 6.39. The molecule has 140 valence electrons. The van der Waals surface area contributed by atoms with Gasteiger partial charge >= 0.3 is 5.97 Å². The van der Waals surface area contributed by atoms with E-state index in [2.05, 4.69) is 10.5 Å². The summed E-state index contributed by atoms with van der Waals surface area (Å²) in [7, 11) is 0. The van der Waals surface area contributed by atoms with Crippen molar-refractivity contribution in [2.24, 2.45) is 0 Å². The number of nitrogens with one attached hydrogen (secondary N) is 1. The van der Waals surface area contributed by atoms with Crippen LogP contribution in [0.5, 0.6) is 0 Å². The van der Waals surface area contributed by atoms with Crippen LogP contribution in [0.15, 0.2) is 28.8 Å². The molecule has 1 heterocycles. The lowest BCUT2D eigenvalue weighted by Gasteiger charge is -2.14. The molecular weight excluding hydrogens is 401 g/mol. The maximum Gasteiger partial charge on any atom is 0.337 e. The van der Waals surface area contributed by atoms with Gasteiger partial charge in [-0.2, -0.15) is 0 Å². The summed E-state index contributed by atoms with van der Waals surface area (Å²) in [5.74, 6) is -3.34. The number of hydrogen-bond donors (Lipinski definition) is 2. The first-order valence-corrected chi connectivity index (χ1v) is 8.36. The summed E-state index contributed by atoms with van der Waals surface area (Å²) in [5, 5.41) is 16.1. The van der Waals surface area contributed by atoms with E-state index in [-0.39, 0.29) is 21.4 Å². The van der Waals surface area contributed by atoms with E-state index in [1.165, 1.54) is 0 Å². The van der Waals surface area contributed by atoms with Crippen LogP contribution in [0.1, 0.15) is 21.8 Å². The molecule has 0 spiro atoms. The summed E-state index contributed by atoms with van der Waals surface area (Å²) < 4.78 is 32.1. The Hall–Kier alpha value is -2.64. The van der Waals surface area contributed by atoms with Crippen LogP contribution in [0.3, 0.4) is 0 Å². The van der Waals surface area contributed by atoms with Gasteiger partial charge in [0.1, 0.15) is 5.76 Å². The molecule has 1 aromatic heterocycles. The number of nitrogens with zero attached hydrogens (tertiary/aromatic N) is 1. The lowest BCUT2D eigenvalue weighted by Crippen LogP contribution is -2.05. The summed E-state index contributed by atoms with van der Waals surface area (Å²) in [6, 6.07) is 4.49. The van der Waals surface area contributed by atoms with Crippen LogP contribution in [0.2, 0.25) is 10.0 Å². The van der Waals surface area contributed by atoms with Gasteiger partial charge in [0.2, 0.25) is 0 Å². The molecule has 0 atom stereocenters. The minimum absolute atomic E-state index is 0.151. The number of aryl methyl sites for hydroxylation is 2. The van der Waals surface area contributed by atoms with Crippen molar-refractivity contribution < 1.29 is 23.2 Å². The quantitative estimate of drug-likeness (QED) is 0.550. The summed E-state index contributed by atoms with van der Waals surface area (Å²) in [6.45, 7) is 3.50. The van der Waals surface area contributed by atoms with E-state index in [1.807, 2.05) is 0 Å². The largest absolute Gasteiger partial charge is 0.478 e. The van der Waals surface area contributed by atoms with Gasteiger partial charge < -0.3 is 14.9 Å². The van der Waals surface area contributed by atoms with Crippen molar-refractivity contribution in [1.82, 2.24) is 5.16 Å². The van der Waals surface area contributed by atoms with E-state index in [9.17, 15) is 18.7 Å². The fourth-order valence-electron chi connectivity index (χ4n) is 2.69. The van der Waals surface area contributed by atoms with E-state index in [0.717, 1.165) is 11.6 Å². The average molecular weight is 413 g/mol.